The lowest BCUT2D eigenvalue weighted by atomic mass is 10.2. The lowest BCUT2D eigenvalue weighted by Crippen LogP contribution is -2.41. The van der Waals surface area contributed by atoms with Crippen molar-refractivity contribution in [1.29, 1.82) is 0 Å². The molecule has 0 aliphatic carbocycles. The molecule has 120 valence electrons. The fraction of sp³-hybridized carbons (Fsp3) is 0.529. The number of para-hydroxylation sites is 1. The second-order valence-corrected chi connectivity index (χ2v) is 6.75. The SMILES string of the molecule is CCC(CC)NC(=O)CN(C)[C@H](C)c1nc2ccccc2s1. The molecule has 0 bridgehead atoms. The fourth-order valence-electron chi connectivity index (χ4n) is 2.39. The van der Waals surface area contributed by atoms with E-state index in [1.165, 1.54) is 4.70 Å². The molecule has 0 saturated heterocycles. The summed E-state index contributed by atoms with van der Waals surface area (Å²) in [6.07, 6.45) is 1.94. The van der Waals surface area contributed by atoms with Crippen LogP contribution in [0.15, 0.2) is 24.3 Å². The van der Waals surface area contributed by atoms with E-state index in [0.29, 0.717) is 6.54 Å². The first-order chi connectivity index (χ1) is 10.5. The molecule has 1 aromatic heterocycles. The minimum absolute atomic E-state index is 0.0872. The highest BCUT2D eigenvalue weighted by atomic mass is 32.1. The molecule has 0 unspecified atom stereocenters. The Kier molecular flexibility index (Phi) is 5.91. The van der Waals surface area contributed by atoms with Crippen LogP contribution in [0, 0.1) is 0 Å². The highest BCUT2D eigenvalue weighted by Gasteiger charge is 2.19. The lowest BCUT2D eigenvalue weighted by Gasteiger charge is -2.23. The highest BCUT2D eigenvalue weighted by molar-refractivity contribution is 7.18. The van der Waals surface area contributed by atoms with E-state index in [2.05, 4.69) is 42.0 Å². The van der Waals surface area contributed by atoms with Crippen LogP contribution in [0.2, 0.25) is 0 Å². The smallest absolute Gasteiger partial charge is 0.234 e. The van der Waals surface area contributed by atoms with E-state index in [-0.39, 0.29) is 18.0 Å². The first-order valence-corrected chi connectivity index (χ1v) is 8.71. The molecule has 22 heavy (non-hydrogen) atoms. The Labute approximate surface area is 136 Å². The summed E-state index contributed by atoms with van der Waals surface area (Å²) in [5.41, 5.74) is 1.03. The average molecular weight is 319 g/mol. The summed E-state index contributed by atoms with van der Waals surface area (Å²) in [5, 5.41) is 4.14. The van der Waals surface area contributed by atoms with Gasteiger partial charge in [0.25, 0.3) is 0 Å². The van der Waals surface area contributed by atoms with Crippen LogP contribution in [-0.2, 0) is 4.79 Å². The number of amides is 1. The first kappa shape index (κ1) is 16.9. The third-order valence-corrected chi connectivity index (χ3v) is 5.28. The van der Waals surface area contributed by atoms with Gasteiger partial charge < -0.3 is 5.32 Å². The summed E-state index contributed by atoms with van der Waals surface area (Å²) in [4.78, 5) is 18.9. The molecule has 1 aromatic carbocycles. The van der Waals surface area contributed by atoms with Crippen molar-refractivity contribution in [3.63, 3.8) is 0 Å². The first-order valence-electron chi connectivity index (χ1n) is 7.90. The van der Waals surface area contributed by atoms with Crippen molar-refractivity contribution in [2.45, 2.75) is 45.7 Å². The average Bonchev–Trinajstić information content (AvgIpc) is 2.95. The largest absolute Gasteiger partial charge is 0.352 e. The Hall–Kier alpha value is -1.46. The summed E-state index contributed by atoms with van der Waals surface area (Å²) in [5.74, 6) is 0.0872. The minimum atomic E-state index is 0.0872. The fourth-order valence-corrected chi connectivity index (χ4v) is 3.47. The Bertz CT molecular complexity index is 588. The molecule has 2 rings (SSSR count). The van der Waals surface area contributed by atoms with Crippen LogP contribution in [0.5, 0.6) is 0 Å². The topological polar surface area (TPSA) is 45.2 Å². The van der Waals surface area contributed by atoms with Crippen molar-refractivity contribution in [2.24, 2.45) is 0 Å². The number of aromatic nitrogens is 1. The molecule has 1 atom stereocenters. The molecule has 2 aromatic rings. The zero-order valence-electron chi connectivity index (χ0n) is 13.8. The second-order valence-electron chi connectivity index (χ2n) is 5.69. The molecule has 0 radical (unpaired) electrons. The Morgan fingerprint density at radius 2 is 2.00 bits per heavy atom. The number of fused-ring (bicyclic) bond motifs is 1. The van der Waals surface area contributed by atoms with Gasteiger partial charge in [0, 0.05) is 6.04 Å². The number of carbonyl (C=O) groups is 1. The third kappa shape index (κ3) is 4.05. The van der Waals surface area contributed by atoms with E-state index in [4.69, 9.17) is 0 Å². The van der Waals surface area contributed by atoms with E-state index in [1.54, 1.807) is 11.3 Å². The number of nitrogens with zero attached hydrogens (tertiary/aromatic N) is 2. The van der Waals surface area contributed by atoms with Gasteiger partial charge in [-0.15, -0.1) is 11.3 Å². The maximum Gasteiger partial charge on any atom is 0.234 e. The van der Waals surface area contributed by atoms with Crippen LogP contribution in [-0.4, -0.2) is 35.4 Å². The maximum absolute atomic E-state index is 12.1. The quantitative estimate of drug-likeness (QED) is 0.848. The maximum atomic E-state index is 12.1. The summed E-state index contributed by atoms with van der Waals surface area (Å²) in [6, 6.07) is 8.55. The van der Waals surface area contributed by atoms with E-state index >= 15 is 0 Å². The minimum Gasteiger partial charge on any atom is -0.352 e. The van der Waals surface area contributed by atoms with E-state index in [1.807, 2.05) is 25.2 Å². The van der Waals surface area contributed by atoms with Gasteiger partial charge >= 0.3 is 0 Å². The van der Waals surface area contributed by atoms with E-state index in [0.717, 1.165) is 23.4 Å². The Balaban J connectivity index is 1.99. The molecule has 0 fully saturated rings. The second kappa shape index (κ2) is 7.70. The molecule has 5 heteroatoms. The lowest BCUT2D eigenvalue weighted by molar-refractivity contribution is -0.123. The molecular formula is C17H25N3OS. The predicted molar refractivity (Wildman–Crippen MR) is 93.2 cm³/mol. The predicted octanol–water partition coefficient (Wildman–Crippen LogP) is 3.59. The van der Waals surface area contributed by atoms with Gasteiger partial charge in [0.1, 0.15) is 5.01 Å². The van der Waals surface area contributed by atoms with Crippen molar-refractivity contribution in [2.75, 3.05) is 13.6 Å². The van der Waals surface area contributed by atoms with Crippen molar-refractivity contribution < 1.29 is 4.79 Å². The molecule has 0 saturated carbocycles. The normalized spacial score (nSPS) is 13.0. The van der Waals surface area contributed by atoms with Gasteiger partial charge in [0.2, 0.25) is 5.91 Å². The number of likely N-dealkylation sites (N-methyl/N-ethyl adjacent to an activating group) is 1. The standard InChI is InChI=1S/C17H25N3OS/c1-5-13(6-2)18-16(21)11-20(4)12(3)17-19-14-9-7-8-10-15(14)22-17/h7-10,12-13H,5-6,11H2,1-4H3,(H,18,21)/t12-/m1/s1. The number of rotatable bonds is 7. The molecular weight excluding hydrogens is 294 g/mol. The summed E-state index contributed by atoms with van der Waals surface area (Å²) in [6.45, 7) is 6.69. The molecule has 0 aliphatic heterocycles. The van der Waals surface area contributed by atoms with Crippen molar-refractivity contribution >= 4 is 27.5 Å². The van der Waals surface area contributed by atoms with Crippen LogP contribution in [0.4, 0.5) is 0 Å². The number of thiazole rings is 1. The van der Waals surface area contributed by atoms with E-state index < -0.39 is 0 Å². The number of benzene rings is 1. The van der Waals surface area contributed by atoms with Gasteiger partial charge in [0.05, 0.1) is 22.8 Å². The van der Waals surface area contributed by atoms with Crippen LogP contribution in [0.25, 0.3) is 10.2 Å². The molecule has 0 spiro atoms. The van der Waals surface area contributed by atoms with Crippen LogP contribution < -0.4 is 5.32 Å². The van der Waals surface area contributed by atoms with Crippen LogP contribution >= 0.6 is 11.3 Å². The molecule has 1 N–H and O–H groups in total. The van der Waals surface area contributed by atoms with Gasteiger partial charge in [-0.3, -0.25) is 9.69 Å². The van der Waals surface area contributed by atoms with Gasteiger partial charge in [-0.05, 0) is 38.9 Å². The van der Waals surface area contributed by atoms with Crippen molar-refractivity contribution in [1.82, 2.24) is 15.2 Å². The Morgan fingerprint density at radius 1 is 1.32 bits per heavy atom. The number of carbonyl (C=O) groups excluding carboxylic acids is 1. The van der Waals surface area contributed by atoms with E-state index in [9.17, 15) is 4.79 Å². The third-order valence-electron chi connectivity index (χ3n) is 4.07. The summed E-state index contributed by atoms with van der Waals surface area (Å²) >= 11 is 1.70. The molecule has 0 aliphatic rings. The Morgan fingerprint density at radius 3 is 2.64 bits per heavy atom. The van der Waals surface area contributed by atoms with Crippen molar-refractivity contribution in [3.8, 4) is 0 Å². The number of hydrogen-bond donors (Lipinski definition) is 1. The number of hydrogen-bond acceptors (Lipinski definition) is 4. The number of nitrogens with one attached hydrogen (secondary N) is 1. The van der Waals surface area contributed by atoms with Crippen molar-refractivity contribution in [3.05, 3.63) is 29.3 Å². The molecule has 4 nitrogen and oxygen atoms in total. The van der Waals surface area contributed by atoms with Gasteiger partial charge in [-0.25, -0.2) is 4.98 Å². The van der Waals surface area contributed by atoms with Gasteiger partial charge in [-0.1, -0.05) is 26.0 Å². The zero-order chi connectivity index (χ0) is 16.1. The van der Waals surface area contributed by atoms with Gasteiger partial charge in [-0.2, -0.15) is 0 Å². The molecule has 1 heterocycles. The monoisotopic (exact) mass is 319 g/mol. The highest BCUT2D eigenvalue weighted by Crippen LogP contribution is 2.28. The van der Waals surface area contributed by atoms with Crippen LogP contribution in [0.3, 0.4) is 0 Å². The molecule has 1 amide bonds. The summed E-state index contributed by atoms with van der Waals surface area (Å²) < 4.78 is 1.19. The van der Waals surface area contributed by atoms with Gasteiger partial charge in [0.15, 0.2) is 0 Å². The van der Waals surface area contributed by atoms with Crippen LogP contribution in [0.1, 0.15) is 44.7 Å². The summed E-state index contributed by atoms with van der Waals surface area (Å²) in [7, 11) is 1.98. The zero-order valence-corrected chi connectivity index (χ0v) is 14.6.